The van der Waals surface area contributed by atoms with Gasteiger partial charge < -0.3 is 28.1 Å². The van der Waals surface area contributed by atoms with Gasteiger partial charge in [-0.2, -0.15) is 0 Å². The first-order chi connectivity index (χ1) is 14.4. The van der Waals surface area contributed by atoms with Gasteiger partial charge in [0.2, 0.25) is 0 Å². The third kappa shape index (κ3) is 10.1. The van der Waals surface area contributed by atoms with Crippen LogP contribution in [0, 0.1) is 0 Å². The highest BCUT2D eigenvalue weighted by Crippen LogP contribution is 2.59. The van der Waals surface area contributed by atoms with E-state index in [9.17, 15) is 9.13 Å². The van der Waals surface area contributed by atoms with Gasteiger partial charge in [-0.25, -0.2) is 0 Å². The third-order valence-corrected chi connectivity index (χ3v) is 8.78. The van der Waals surface area contributed by atoms with Crippen LogP contribution >= 0.6 is 15.2 Å². The van der Waals surface area contributed by atoms with Crippen LogP contribution in [0.15, 0.2) is 30.3 Å². The molecule has 1 aromatic rings. The third-order valence-electron chi connectivity index (χ3n) is 4.01. The Morgan fingerprint density at radius 2 is 1.40 bits per heavy atom. The molecule has 30 heavy (non-hydrogen) atoms. The first-order valence-electron chi connectivity index (χ1n) is 10.6. The van der Waals surface area contributed by atoms with Gasteiger partial charge in [0.15, 0.2) is 0 Å². The largest absolute Gasteiger partial charge is 0.494 e. The van der Waals surface area contributed by atoms with E-state index in [0.717, 1.165) is 18.6 Å². The van der Waals surface area contributed by atoms with Crippen molar-refractivity contribution in [1.29, 1.82) is 0 Å². The summed E-state index contributed by atoms with van der Waals surface area (Å²) in [6.07, 6.45) is 1.48. The molecule has 1 aromatic carbocycles. The molecule has 0 amide bonds. The molecule has 8 nitrogen and oxygen atoms in total. The number of benzene rings is 1. The number of para-hydroxylation sites is 1. The molecular formula is C20H37NO7P2. The van der Waals surface area contributed by atoms with Gasteiger partial charge in [0.25, 0.3) is 0 Å². The highest BCUT2D eigenvalue weighted by molar-refractivity contribution is 7.58. The van der Waals surface area contributed by atoms with Crippen LogP contribution in [-0.4, -0.2) is 51.5 Å². The number of unbranched alkanes of at least 4 members (excludes halogenated alkanes) is 1. The fraction of sp³-hybridized carbons (Fsp3) is 0.700. The molecule has 0 saturated carbocycles. The number of nitrogens with one attached hydrogen (secondary N) is 1. The van der Waals surface area contributed by atoms with Crippen LogP contribution in [0.25, 0.3) is 0 Å². The van der Waals surface area contributed by atoms with E-state index < -0.39 is 21.0 Å². The first kappa shape index (κ1) is 27.3. The number of ether oxygens (including phenoxy) is 1. The maximum atomic E-state index is 13.3. The summed E-state index contributed by atoms with van der Waals surface area (Å²) in [5.74, 6) is 0.0336. The summed E-state index contributed by atoms with van der Waals surface area (Å²) in [5, 5.41) is 3.20. The van der Waals surface area contributed by atoms with Crippen molar-refractivity contribution in [3.8, 4) is 5.75 Å². The van der Waals surface area contributed by atoms with Crippen LogP contribution in [0.4, 0.5) is 0 Å². The smallest absolute Gasteiger partial charge is 0.348 e. The van der Waals surface area contributed by atoms with Crippen molar-refractivity contribution in [3.05, 3.63) is 30.3 Å². The van der Waals surface area contributed by atoms with Crippen LogP contribution in [0.5, 0.6) is 5.75 Å². The predicted octanol–water partition coefficient (Wildman–Crippen LogP) is 5.29. The van der Waals surface area contributed by atoms with Crippen molar-refractivity contribution in [3.63, 3.8) is 0 Å². The van der Waals surface area contributed by atoms with Crippen molar-refractivity contribution < 1.29 is 32.0 Å². The highest BCUT2D eigenvalue weighted by atomic mass is 31.2. The van der Waals surface area contributed by atoms with Gasteiger partial charge in [0.05, 0.1) is 39.2 Å². The zero-order valence-corrected chi connectivity index (χ0v) is 20.4. The summed E-state index contributed by atoms with van der Waals surface area (Å²) in [6, 6.07) is 9.61. The van der Waals surface area contributed by atoms with E-state index >= 15 is 0 Å². The molecule has 1 rings (SSSR count). The maximum absolute atomic E-state index is 13.3. The van der Waals surface area contributed by atoms with E-state index in [-0.39, 0.29) is 32.6 Å². The molecule has 0 aliphatic rings. The normalized spacial score (nSPS) is 13.3. The average Bonchev–Trinajstić information content (AvgIpc) is 2.71. The van der Waals surface area contributed by atoms with Crippen LogP contribution in [0.1, 0.15) is 40.5 Å². The maximum Gasteiger partial charge on any atom is 0.348 e. The van der Waals surface area contributed by atoms with Gasteiger partial charge in [0.1, 0.15) is 11.5 Å². The lowest BCUT2D eigenvalue weighted by molar-refractivity contribution is 0.199. The second-order valence-corrected chi connectivity index (χ2v) is 10.7. The Morgan fingerprint density at radius 1 is 0.833 bits per heavy atom. The van der Waals surface area contributed by atoms with Gasteiger partial charge in [0, 0.05) is 0 Å². The Morgan fingerprint density at radius 3 is 1.93 bits per heavy atom. The number of rotatable bonds is 18. The lowest BCUT2D eigenvalue weighted by Crippen LogP contribution is -2.35. The van der Waals surface area contributed by atoms with Gasteiger partial charge >= 0.3 is 15.2 Å². The summed E-state index contributed by atoms with van der Waals surface area (Å²) >= 11 is 0. The highest BCUT2D eigenvalue weighted by Gasteiger charge is 2.41. The van der Waals surface area contributed by atoms with Crippen molar-refractivity contribution in [2.24, 2.45) is 0 Å². The van der Waals surface area contributed by atoms with Crippen molar-refractivity contribution >= 4 is 15.2 Å². The molecule has 10 heteroatoms. The lowest BCUT2D eigenvalue weighted by atomic mass is 10.3. The minimum absolute atomic E-state index is 0.0908. The summed E-state index contributed by atoms with van der Waals surface area (Å²) in [7, 11) is -6.99. The Hall–Kier alpha value is -0.720. The van der Waals surface area contributed by atoms with Gasteiger partial charge in [-0.05, 0) is 59.2 Å². The monoisotopic (exact) mass is 465 g/mol. The Labute approximate surface area is 181 Å². The zero-order valence-electron chi connectivity index (χ0n) is 18.6. The van der Waals surface area contributed by atoms with E-state index in [1.165, 1.54) is 0 Å². The first-order valence-corrected chi connectivity index (χ1v) is 13.9. The van der Waals surface area contributed by atoms with Crippen LogP contribution < -0.4 is 10.1 Å². The quantitative estimate of drug-likeness (QED) is 0.231. The second-order valence-electron chi connectivity index (χ2n) is 6.34. The van der Waals surface area contributed by atoms with Crippen molar-refractivity contribution in [2.75, 3.05) is 45.7 Å². The second kappa shape index (κ2) is 15.1. The van der Waals surface area contributed by atoms with Gasteiger partial charge in [-0.15, -0.1) is 0 Å². The molecule has 0 heterocycles. The van der Waals surface area contributed by atoms with Crippen LogP contribution in [-0.2, 0) is 27.2 Å². The summed E-state index contributed by atoms with van der Waals surface area (Å²) in [5.41, 5.74) is 0. The molecule has 0 fully saturated rings. The molecule has 0 saturated heterocycles. The molecule has 0 radical (unpaired) electrons. The van der Waals surface area contributed by atoms with E-state index in [1.54, 1.807) is 27.7 Å². The molecule has 1 atom stereocenters. The summed E-state index contributed by atoms with van der Waals surface area (Å²) in [4.78, 5) is 0. The lowest BCUT2D eigenvalue weighted by Gasteiger charge is -2.29. The summed E-state index contributed by atoms with van der Waals surface area (Å²) in [6.45, 7) is 8.97. The van der Waals surface area contributed by atoms with Crippen LogP contribution in [0.3, 0.4) is 0 Å². The average molecular weight is 465 g/mol. The van der Waals surface area contributed by atoms with E-state index in [2.05, 4.69) is 5.32 Å². The minimum Gasteiger partial charge on any atom is -0.494 e. The Balaban J connectivity index is 2.69. The number of hydrogen-bond donors (Lipinski definition) is 1. The molecule has 1 unspecified atom stereocenters. The fourth-order valence-electron chi connectivity index (χ4n) is 2.80. The molecule has 1 N–H and O–H groups in total. The molecular weight excluding hydrogens is 428 g/mol. The molecule has 0 bridgehead atoms. The van der Waals surface area contributed by atoms with Crippen molar-refractivity contribution in [1.82, 2.24) is 5.32 Å². The Kier molecular flexibility index (Phi) is 13.8. The van der Waals surface area contributed by atoms with E-state index in [0.29, 0.717) is 13.2 Å². The molecule has 0 aliphatic heterocycles. The van der Waals surface area contributed by atoms with E-state index in [1.807, 2.05) is 30.3 Å². The molecule has 0 spiro atoms. The van der Waals surface area contributed by atoms with Crippen LogP contribution in [0.2, 0.25) is 0 Å². The van der Waals surface area contributed by atoms with E-state index in [4.69, 9.17) is 22.8 Å². The summed E-state index contributed by atoms with van der Waals surface area (Å²) < 4.78 is 53.8. The topological polar surface area (TPSA) is 92.3 Å². The van der Waals surface area contributed by atoms with Gasteiger partial charge in [-0.3, -0.25) is 9.13 Å². The molecule has 174 valence electrons. The zero-order chi connectivity index (χ0) is 22.3. The molecule has 0 aliphatic carbocycles. The standard InChI is InChI=1S/C20H37NO7P2/c1-5-25-29(22,26-6-2)18-20(30(23,27-7-3)28-8-4)21-16-12-13-17-24-19-14-10-9-11-15-19/h9-11,14-15,20-21H,5-8,12-13,16-18H2,1-4H3. The Bertz CT molecular complexity index is 640. The number of hydrogen-bond acceptors (Lipinski definition) is 8. The molecule has 0 aromatic heterocycles. The van der Waals surface area contributed by atoms with Crippen molar-refractivity contribution in [2.45, 2.75) is 46.3 Å². The minimum atomic E-state index is -3.55. The SMILES string of the molecule is CCOP(=O)(CC(NCCCCOc1ccccc1)P(=O)(OCC)OCC)OCC. The predicted molar refractivity (Wildman–Crippen MR) is 120 cm³/mol. The van der Waals surface area contributed by atoms with Gasteiger partial charge in [-0.1, -0.05) is 18.2 Å². The fourth-order valence-corrected chi connectivity index (χ4v) is 7.34.